The number of pyridine rings is 3. The molecule has 1 aliphatic heterocycles. The molecule has 5 rings (SSSR count). The Bertz CT molecular complexity index is 2030. The second-order valence-electron chi connectivity index (χ2n) is 11.2. The van der Waals surface area contributed by atoms with E-state index in [0.717, 1.165) is 0 Å². The van der Waals surface area contributed by atoms with Gasteiger partial charge in [-0.05, 0) is 43.5 Å². The van der Waals surface area contributed by atoms with Crippen LogP contribution in [-0.4, -0.2) is 56.1 Å². The van der Waals surface area contributed by atoms with E-state index in [-0.39, 0.29) is 65.4 Å². The lowest BCUT2D eigenvalue weighted by molar-refractivity contribution is -0.128. The highest BCUT2D eigenvalue weighted by Crippen LogP contribution is 2.51. The second kappa shape index (κ2) is 12.9. The molecule has 1 amide bonds. The molecule has 1 saturated heterocycles. The maximum Gasteiger partial charge on any atom is 0.276 e. The lowest BCUT2D eigenvalue weighted by Gasteiger charge is -2.41. The topological polar surface area (TPSA) is 115 Å². The standard InChI is InChI=1S/C32H27Cl5N6O3/c1-6-20(44)42-10-9-41(13-16(42)5)29-17-11-19(33)27(21-22(34)23(35)24(36)25(37)30(21)45)40-31(17)43(32(46)18(29)12-38)28-15(4)7-8-39-26(28)14(2)3/h6-8,11,14,16,45H,1,9-10,13H2,2-5H3/t16-/m1/s1. The first kappa shape index (κ1) is 33.8. The van der Waals surface area contributed by atoms with E-state index in [1.165, 1.54) is 10.6 Å². The number of hydrogen-bond donors (Lipinski definition) is 1. The van der Waals surface area contributed by atoms with Gasteiger partial charge in [-0.3, -0.25) is 19.1 Å². The quantitative estimate of drug-likeness (QED) is 0.126. The van der Waals surface area contributed by atoms with Gasteiger partial charge in [-0.15, -0.1) is 0 Å². The molecule has 4 heterocycles. The summed E-state index contributed by atoms with van der Waals surface area (Å²) in [5.41, 5.74) is 1.31. The Kier molecular flexibility index (Phi) is 9.52. The zero-order valence-electron chi connectivity index (χ0n) is 25.1. The fraction of sp³-hybridized carbons (Fsp3) is 0.281. The van der Waals surface area contributed by atoms with E-state index < -0.39 is 11.3 Å². The lowest BCUT2D eigenvalue weighted by atomic mass is 10.0. The molecule has 9 nitrogen and oxygen atoms in total. The maximum atomic E-state index is 14.5. The fourth-order valence-electron chi connectivity index (χ4n) is 5.81. The van der Waals surface area contributed by atoms with Crippen molar-refractivity contribution in [3.8, 4) is 28.8 Å². The van der Waals surface area contributed by atoms with Crippen LogP contribution in [0.3, 0.4) is 0 Å². The number of nitriles is 1. The number of phenols is 1. The number of carbonyl (C=O) groups is 1. The molecular formula is C32H27Cl5N6O3. The van der Waals surface area contributed by atoms with Gasteiger partial charge in [0.1, 0.15) is 28.1 Å². The summed E-state index contributed by atoms with van der Waals surface area (Å²) in [4.78, 5) is 40.0. The van der Waals surface area contributed by atoms with Gasteiger partial charge in [0, 0.05) is 37.3 Å². The van der Waals surface area contributed by atoms with Gasteiger partial charge in [-0.2, -0.15) is 5.26 Å². The first-order chi connectivity index (χ1) is 21.7. The summed E-state index contributed by atoms with van der Waals surface area (Å²) in [6.07, 6.45) is 2.91. The van der Waals surface area contributed by atoms with Crippen LogP contribution in [0.1, 0.15) is 43.5 Å². The SMILES string of the molecule is C=CC(=O)N1CCN(c2c(C#N)c(=O)n(-c3c(C)ccnc3C(C)C)c3nc(-c4c(O)c(Cl)c(Cl)c(Cl)c4Cl)c(Cl)cc23)C[C@H]1C. The van der Waals surface area contributed by atoms with Gasteiger partial charge < -0.3 is 14.9 Å². The Morgan fingerprint density at radius 1 is 1.13 bits per heavy atom. The van der Waals surface area contributed by atoms with Gasteiger partial charge in [0.2, 0.25) is 5.91 Å². The molecule has 46 heavy (non-hydrogen) atoms. The molecule has 1 N–H and O–H groups in total. The Balaban J connectivity index is 1.94. The zero-order chi connectivity index (χ0) is 33.8. The first-order valence-electron chi connectivity index (χ1n) is 14.1. The minimum atomic E-state index is -0.636. The van der Waals surface area contributed by atoms with E-state index in [1.807, 2.05) is 32.6 Å². The molecular weight excluding hydrogens is 694 g/mol. The molecule has 1 atom stereocenters. The fourth-order valence-corrected chi connectivity index (χ4v) is 6.98. The van der Waals surface area contributed by atoms with Gasteiger partial charge in [0.25, 0.3) is 5.56 Å². The molecule has 1 aromatic carbocycles. The number of piperazine rings is 1. The number of carbonyl (C=O) groups excluding carboxylic acids is 1. The smallest absolute Gasteiger partial charge is 0.276 e. The van der Waals surface area contributed by atoms with E-state index in [9.17, 15) is 20.0 Å². The molecule has 4 aromatic rings. The summed E-state index contributed by atoms with van der Waals surface area (Å²) in [6.45, 7) is 12.1. The molecule has 0 saturated carbocycles. The summed E-state index contributed by atoms with van der Waals surface area (Å²) in [7, 11) is 0. The third kappa shape index (κ3) is 5.46. The van der Waals surface area contributed by atoms with Crippen LogP contribution < -0.4 is 10.5 Å². The third-order valence-corrected chi connectivity index (χ3v) is 10.1. The average Bonchev–Trinajstić information content (AvgIpc) is 3.02. The molecule has 0 spiro atoms. The number of hydrogen-bond acceptors (Lipinski definition) is 7. The van der Waals surface area contributed by atoms with Crippen molar-refractivity contribution in [3.63, 3.8) is 0 Å². The summed E-state index contributed by atoms with van der Waals surface area (Å²) < 4.78 is 1.35. The van der Waals surface area contributed by atoms with Crippen molar-refractivity contribution in [2.24, 2.45) is 0 Å². The molecule has 0 bridgehead atoms. The van der Waals surface area contributed by atoms with E-state index in [4.69, 9.17) is 63.0 Å². The van der Waals surface area contributed by atoms with Crippen LogP contribution in [0.4, 0.5) is 5.69 Å². The molecule has 0 aliphatic carbocycles. The second-order valence-corrected chi connectivity index (χ2v) is 13.1. The Morgan fingerprint density at radius 2 is 1.80 bits per heavy atom. The van der Waals surface area contributed by atoms with E-state index >= 15 is 0 Å². The van der Waals surface area contributed by atoms with Crippen LogP contribution >= 0.6 is 58.0 Å². The summed E-state index contributed by atoms with van der Waals surface area (Å²) in [5, 5.41) is 21.3. The number of rotatable bonds is 5. The number of aryl methyl sites for hydroxylation is 1. The highest BCUT2D eigenvalue weighted by Gasteiger charge is 2.33. The van der Waals surface area contributed by atoms with Crippen molar-refractivity contribution >= 4 is 80.6 Å². The number of anilines is 1. The first-order valence-corrected chi connectivity index (χ1v) is 16.0. The maximum absolute atomic E-state index is 14.5. The van der Waals surface area contributed by atoms with Crippen LogP contribution in [0, 0.1) is 18.3 Å². The van der Waals surface area contributed by atoms with Gasteiger partial charge in [-0.25, -0.2) is 4.98 Å². The number of halogens is 5. The number of benzene rings is 1. The van der Waals surface area contributed by atoms with Crippen molar-refractivity contribution in [2.75, 3.05) is 24.5 Å². The normalized spacial score (nSPS) is 15.0. The van der Waals surface area contributed by atoms with Crippen molar-refractivity contribution in [1.82, 2.24) is 19.4 Å². The predicted octanol–water partition coefficient (Wildman–Crippen LogP) is 7.95. The van der Waals surface area contributed by atoms with Crippen LogP contribution in [0.25, 0.3) is 28.0 Å². The Hall–Kier alpha value is -3.52. The molecule has 14 heteroatoms. The predicted molar refractivity (Wildman–Crippen MR) is 184 cm³/mol. The van der Waals surface area contributed by atoms with Gasteiger partial charge in [0.05, 0.1) is 48.4 Å². The van der Waals surface area contributed by atoms with Crippen LogP contribution in [0.15, 0.2) is 35.8 Å². The number of nitrogens with zero attached hydrogens (tertiary/aromatic N) is 6. The molecule has 0 radical (unpaired) electrons. The largest absolute Gasteiger partial charge is 0.506 e. The highest BCUT2D eigenvalue weighted by molar-refractivity contribution is 6.53. The van der Waals surface area contributed by atoms with Crippen molar-refractivity contribution in [3.05, 3.63) is 83.3 Å². The summed E-state index contributed by atoms with van der Waals surface area (Å²) >= 11 is 32.3. The summed E-state index contributed by atoms with van der Waals surface area (Å²) in [6, 6.07) is 5.17. The van der Waals surface area contributed by atoms with E-state index in [0.29, 0.717) is 47.7 Å². The highest BCUT2D eigenvalue weighted by atomic mass is 35.5. The van der Waals surface area contributed by atoms with Crippen molar-refractivity contribution in [1.29, 1.82) is 5.26 Å². The number of aromatic hydroxyl groups is 1. The molecule has 3 aromatic heterocycles. The van der Waals surface area contributed by atoms with E-state index in [1.54, 1.807) is 23.2 Å². The summed E-state index contributed by atoms with van der Waals surface area (Å²) in [5.74, 6) is -0.833. The number of amides is 1. The van der Waals surface area contributed by atoms with Gasteiger partial charge in [0.15, 0.2) is 0 Å². The monoisotopic (exact) mass is 718 g/mol. The van der Waals surface area contributed by atoms with Crippen LogP contribution in [0.2, 0.25) is 25.1 Å². The van der Waals surface area contributed by atoms with Gasteiger partial charge >= 0.3 is 0 Å². The molecule has 238 valence electrons. The lowest BCUT2D eigenvalue weighted by Crippen LogP contribution is -2.54. The third-order valence-electron chi connectivity index (χ3n) is 7.99. The Morgan fingerprint density at radius 3 is 2.41 bits per heavy atom. The minimum Gasteiger partial charge on any atom is -0.506 e. The number of phenolic OH excluding ortho intramolecular Hbond substituents is 1. The van der Waals surface area contributed by atoms with Crippen LogP contribution in [0.5, 0.6) is 5.75 Å². The minimum absolute atomic E-state index is 0.0232. The number of aromatic nitrogens is 3. The molecule has 0 unspecified atom stereocenters. The van der Waals surface area contributed by atoms with Crippen molar-refractivity contribution in [2.45, 2.75) is 39.7 Å². The molecule has 1 aliphatic rings. The average molecular weight is 721 g/mol. The van der Waals surface area contributed by atoms with Crippen molar-refractivity contribution < 1.29 is 9.90 Å². The van der Waals surface area contributed by atoms with E-state index in [2.05, 4.69) is 17.6 Å². The number of fused-ring (bicyclic) bond motifs is 1. The zero-order valence-corrected chi connectivity index (χ0v) is 28.9. The molecule has 1 fully saturated rings. The van der Waals surface area contributed by atoms with Gasteiger partial charge in [-0.1, -0.05) is 78.4 Å². The Labute approximate surface area is 290 Å². The van der Waals surface area contributed by atoms with Crippen LogP contribution in [-0.2, 0) is 4.79 Å².